The molecule has 0 saturated heterocycles. The molecule has 3 aromatic rings. The lowest BCUT2D eigenvalue weighted by atomic mass is 9.98. The molecule has 3 aromatic carbocycles. The first-order valence-corrected chi connectivity index (χ1v) is 17.0. The molecule has 4 rings (SSSR count). The molecular formula is C38H43N5O10. The van der Waals surface area contributed by atoms with Crippen LogP contribution in [0.1, 0.15) is 56.2 Å². The number of carbonyl (C=O) groups is 7. The van der Waals surface area contributed by atoms with Crippen LogP contribution in [0.4, 0.5) is 10.5 Å². The second kappa shape index (κ2) is 18.3. The van der Waals surface area contributed by atoms with Crippen LogP contribution in [0.2, 0.25) is 0 Å². The van der Waals surface area contributed by atoms with Crippen LogP contribution in [0, 0.1) is 0 Å². The van der Waals surface area contributed by atoms with Gasteiger partial charge in [-0.15, -0.1) is 0 Å². The molecule has 0 radical (unpaired) electrons. The van der Waals surface area contributed by atoms with E-state index >= 15 is 0 Å². The SMILES string of the molecule is COC(=O)[C@H](Cc1ccc(NC(=O)CCC(=O)NC(C)C(=O)O)cc1)NC(=O)C(C)NC(=O)C(C)NC(=O)OCC1c2ccccc2-c2ccccc21. The number of carboxylic acids is 1. The Morgan fingerprint density at radius 2 is 1.23 bits per heavy atom. The molecule has 3 unspecified atom stereocenters. The Balaban J connectivity index is 1.23. The van der Waals surface area contributed by atoms with Crippen LogP contribution in [0.25, 0.3) is 11.1 Å². The van der Waals surface area contributed by atoms with Gasteiger partial charge < -0.3 is 41.2 Å². The van der Waals surface area contributed by atoms with E-state index in [0.29, 0.717) is 11.3 Å². The van der Waals surface area contributed by atoms with Crippen LogP contribution in [-0.4, -0.2) is 84.7 Å². The molecule has 0 heterocycles. The molecule has 15 nitrogen and oxygen atoms in total. The molecule has 1 aliphatic carbocycles. The number of nitrogens with one attached hydrogen (secondary N) is 5. The van der Waals surface area contributed by atoms with Crippen LogP contribution in [0.15, 0.2) is 72.8 Å². The van der Waals surface area contributed by atoms with Crippen molar-refractivity contribution in [3.8, 4) is 11.1 Å². The van der Waals surface area contributed by atoms with Crippen LogP contribution >= 0.6 is 0 Å². The number of amides is 5. The Morgan fingerprint density at radius 3 is 1.81 bits per heavy atom. The molecule has 15 heteroatoms. The van der Waals surface area contributed by atoms with Gasteiger partial charge in [0, 0.05) is 30.9 Å². The molecule has 0 bridgehead atoms. The normalized spacial score (nSPS) is 13.8. The number of aliphatic carboxylic acids is 1. The van der Waals surface area contributed by atoms with Gasteiger partial charge in [-0.3, -0.25) is 24.0 Å². The van der Waals surface area contributed by atoms with E-state index in [1.807, 2.05) is 48.5 Å². The van der Waals surface area contributed by atoms with Crippen molar-refractivity contribution in [3.05, 3.63) is 89.5 Å². The zero-order chi connectivity index (χ0) is 38.7. The Kier molecular flexibility index (Phi) is 13.7. The molecule has 4 atom stereocenters. The van der Waals surface area contributed by atoms with Gasteiger partial charge in [-0.05, 0) is 60.7 Å². The van der Waals surface area contributed by atoms with Gasteiger partial charge in [-0.1, -0.05) is 60.7 Å². The number of ether oxygens (including phenoxy) is 2. The molecule has 53 heavy (non-hydrogen) atoms. The molecular weight excluding hydrogens is 686 g/mol. The lowest BCUT2D eigenvalue weighted by molar-refractivity contribution is -0.145. The van der Waals surface area contributed by atoms with E-state index in [0.717, 1.165) is 22.3 Å². The van der Waals surface area contributed by atoms with Crippen LogP contribution in [-0.2, 0) is 44.7 Å². The minimum atomic E-state index is -1.19. The van der Waals surface area contributed by atoms with Gasteiger partial charge in [-0.2, -0.15) is 0 Å². The summed E-state index contributed by atoms with van der Waals surface area (Å²) in [4.78, 5) is 86.1. The fourth-order valence-electron chi connectivity index (χ4n) is 5.70. The third-order valence-electron chi connectivity index (χ3n) is 8.63. The van der Waals surface area contributed by atoms with E-state index in [2.05, 4.69) is 26.6 Å². The average molecular weight is 730 g/mol. The zero-order valence-corrected chi connectivity index (χ0v) is 29.8. The van der Waals surface area contributed by atoms with E-state index in [1.165, 1.54) is 27.9 Å². The average Bonchev–Trinajstić information content (AvgIpc) is 3.46. The molecule has 280 valence electrons. The van der Waals surface area contributed by atoms with Crippen molar-refractivity contribution >= 4 is 47.3 Å². The van der Waals surface area contributed by atoms with Crippen LogP contribution in [0.3, 0.4) is 0 Å². The largest absolute Gasteiger partial charge is 0.480 e. The number of rotatable bonds is 16. The molecule has 5 amide bonds. The first-order valence-electron chi connectivity index (χ1n) is 17.0. The first-order chi connectivity index (χ1) is 25.3. The molecule has 0 saturated carbocycles. The van der Waals surface area contributed by atoms with Crippen molar-refractivity contribution in [2.75, 3.05) is 19.0 Å². The van der Waals surface area contributed by atoms with E-state index < -0.39 is 65.8 Å². The predicted octanol–water partition coefficient (Wildman–Crippen LogP) is 2.63. The molecule has 1 aliphatic rings. The standard InChI is InChI=1S/C38H43N5O10/c1-21(40-34(46)22(2)41-38(51)53-20-30-28-11-7-5-9-26(28)27-10-6-8-12-29(27)30)35(47)43-31(37(50)52-4)19-24-13-15-25(16-14-24)42-33(45)18-17-32(44)39-23(3)36(48)49/h5-16,21-23,30-31H,17-20H2,1-4H3,(H,39,44)(H,40,46)(H,41,51)(H,42,45)(H,43,47)(H,48,49)/t21?,22?,23?,31-/m0/s1. The third kappa shape index (κ3) is 10.9. The number of carbonyl (C=O) groups excluding carboxylic acids is 6. The fourth-order valence-corrected chi connectivity index (χ4v) is 5.70. The van der Waals surface area contributed by atoms with Crippen molar-refractivity contribution in [3.63, 3.8) is 0 Å². The Hall–Kier alpha value is -6.25. The molecule has 0 aliphatic heterocycles. The first kappa shape index (κ1) is 39.5. The quantitative estimate of drug-likeness (QED) is 0.118. The van der Waals surface area contributed by atoms with Crippen molar-refractivity contribution in [2.45, 2.75) is 70.1 Å². The second-order valence-corrected chi connectivity index (χ2v) is 12.6. The summed E-state index contributed by atoms with van der Waals surface area (Å²) < 4.78 is 10.4. The number of alkyl carbamates (subject to hydrolysis) is 1. The third-order valence-corrected chi connectivity index (χ3v) is 8.63. The second-order valence-electron chi connectivity index (χ2n) is 12.6. The van der Waals surface area contributed by atoms with E-state index in [1.54, 1.807) is 24.3 Å². The van der Waals surface area contributed by atoms with Crippen molar-refractivity contribution in [1.29, 1.82) is 0 Å². The lowest BCUT2D eigenvalue weighted by Gasteiger charge is -2.22. The number of hydrogen-bond acceptors (Lipinski definition) is 9. The maximum atomic E-state index is 13.0. The number of hydrogen-bond donors (Lipinski definition) is 6. The van der Waals surface area contributed by atoms with Crippen molar-refractivity contribution < 1.29 is 48.1 Å². The number of fused-ring (bicyclic) bond motifs is 3. The highest BCUT2D eigenvalue weighted by atomic mass is 16.5. The lowest BCUT2D eigenvalue weighted by Crippen LogP contribution is -2.54. The van der Waals surface area contributed by atoms with Crippen molar-refractivity contribution in [2.24, 2.45) is 0 Å². The minimum Gasteiger partial charge on any atom is -0.480 e. The van der Waals surface area contributed by atoms with E-state index in [9.17, 15) is 33.6 Å². The summed E-state index contributed by atoms with van der Waals surface area (Å²) in [6, 6.07) is 17.9. The summed E-state index contributed by atoms with van der Waals surface area (Å²) in [7, 11) is 1.17. The minimum absolute atomic E-state index is 0.0228. The van der Waals surface area contributed by atoms with Gasteiger partial charge in [0.15, 0.2) is 0 Å². The molecule has 0 spiro atoms. The summed E-state index contributed by atoms with van der Waals surface area (Å²) >= 11 is 0. The predicted molar refractivity (Wildman–Crippen MR) is 192 cm³/mol. The van der Waals surface area contributed by atoms with Gasteiger partial charge in [0.1, 0.15) is 30.8 Å². The number of esters is 1. The maximum absolute atomic E-state index is 13.0. The molecule has 0 fully saturated rings. The summed E-state index contributed by atoms with van der Waals surface area (Å²) in [5, 5.41) is 21.4. The van der Waals surface area contributed by atoms with E-state index in [4.69, 9.17) is 14.6 Å². The topological polar surface area (TPSA) is 218 Å². The van der Waals surface area contributed by atoms with E-state index in [-0.39, 0.29) is 31.8 Å². The fraction of sp³-hybridized carbons (Fsp3) is 0.342. The highest BCUT2D eigenvalue weighted by Gasteiger charge is 2.30. The highest BCUT2D eigenvalue weighted by molar-refractivity contribution is 5.94. The number of benzene rings is 3. The highest BCUT2D eigenvalue weighted by Crippen LogP contribution is 2.44. The molecule has 6 N–H and O–H groups in total. The van der Waals surface area contributed by atoms with Gasteiger partial charge in [0.05, 0.1) is 7.11 Å². The summed E-state index contributed by atoms with van der Waals surface area (Å²) in [6.07, 6.45) is -1.14. The number of carboxylic acid groups (broad SMARTS) is 1. The molecule has 0 aromatic heterocycles. The van der Waals surface area contributed by atoms with Crippen LogP contribution in [0.5, 0.6) is 0 Å². The summed E-state index contributed by atoms with van der Waals surface area (Å²) in [5.74, 6) is -4.43. The van der Waals surface area contributed by atoms with Crippen molar-refractivity contribution in [1.82, 2.24) is 21.3 Å². The van der Waals surface area contributed by atoms with Gasteiger partial charge >= 0.3 is 18.0 Å². The number of methoxy groups -OCH3 is 1. The smallest absolute Gasteiger partial charge is 0.407 e. The number of anilines is 1. The maximum Gasteiger partial charge on any atom is 0.407 e. The Labute approximate surface area is 306 Å². The van der Waals surface area contributed by atoms with Gasteiger partial charge in [0.25, 0.3) is 0 Å². The Morgan fingerprint density at radius 1 is 0.679 bits per heavy atom. The Bertz CT molecular complexity index is 1800. The monoisotopic (exact) mass is 729 g/mol. The van der Waals surface area contributed by atoms with Gasteiger partial charge in [0.2, 0.25) is 23.6 Å². The zero-order valence-electron chi connectivity index (χ0n) is 29.8. The summed E-state index contributed by atoms with van der Waals surface area (Å²) in [6.45, 7) is 4.25. The van der Waals surface area contributed by atoms with Gasteiger partial charge in [-0.25, -0.2) is 9.59 Å². The summed E-state index contributed by atoms with van der Waals surface area (Å²) in [5.41, 5.74) is 5.28. The van der Waals surface area contributed by atoms with Crippen LogP contribution < -0.4 is 26.6 Å².